The van der Waals surface area contributed by atoms with Crippen molar-refractivity contribution in [1.82, 2.24) is 9.80 Å². The van der Waals surface area contributed by atoms with Gasteiger partial charge in [-0.15, -0.1) is 0 Å². The van der Waals surface area contributed by atoms with Crippen LogP contribution in [0.4, 0.5) is 0 Å². The summed E-state index contributed by atoms with van der Waals surface area (Å²) in [5, 5.41) is 0. The number of hydrogen-bond acceptors (Lipinski definition) is 7. The van der Waals surface area contributed by atoms with Crippen LogP contribution >= 0.6 is 24.0 Å². The highest BCUT2D eigenvalue weighted by molar-refractivity contribution is 8.26. The molecule has 0 radical (unpaired) electrons. The minimum atomic E-state index is -0.251. The molecule has 2 atom stereocenters. The fourth-order valence-electron chi connectivity index (χ4n) is 4.64. The summed E-state index contributed by atoms with van der Waals surface area (Å²) in [6.07, 6.45) is 7.73. The summed E-state index contributed by atoms with van der Waals surface area (Å²) in [4.78, 5) is 29.5. The van der Waals surface area contributed by atoms with E-state index in [0.29, 0.717) is 28.1 Å². The smallest absolute Gasteiger partial charge is 0.266 e. The highest BCUT2D eigenvalue weighted by Gasteiger charge is 2.35. The summed E-state index contributed by atoms with van der Waals surface area (Å²) in [6, 6.07) is 5.67. The van der Waals surface area contributed by atoms with Gasteiger partial charge in [0.15, 0.2) is 11.5 Å². The summed E-state index contributed by atoms with van der Waals surface area (Å²) in [6.45, 7) is 4.86. The Balaban J connectivity index is 1.43. The Labute approximate surface area is 210 Å². The molecule has 9 heteroatoms. The Kier molecular flexibility index (Phi) is 8.16. The van der Waals surface area contributed by atoms with Crippen LogP contribution in [0.15, 0.2) is 23.1 Å². The number of rotatable bonds is 6. The van der Waals surface area contributed by atoms with Crippen molar-refractivity contribution in [1.29, 1.82) is 0 Å². The zero-order valence-corrected chi connectivity index (χ0v) is 21.6. The van der Waals surface area contributed by atoms with Crippen molar-refractivity contribution in [3.8, 4) is 11.5 Å². The predicted octanol–water partition coefficient (Wildman–Crippen LogP) is 4.24. The van der Waals surface area contributed by atoms with Crippen molar-refractivity contribution in [2.75, 3.05) is 26.7 Å². The number of methoxy groups -OCH3 is 1. The molecule has 2 amide bonds. The third kappa shape index (κ3) is 5.93. The van der Waals surface area contributed by atoms with Gasteiger partial charge in [-0.2, -0.15) is 0 Å². The Hall–Kier alpha value is -2.10. The number of carbonyl (C=O) groups excluding carboxylic acids is 2. The maximum absolute atomic E-state index is 13.0. The lowest BCUT2D eigenvalue weighted by Crippen LogP contribution is -2.51. The molecule has 2 heterocycles. The van der Waals surface area contributed by atoms with Gasteiger partial charge in [0, 0.05) is 13.1 Å². The number of hydrogen-bond donors (Lipinski definition) is 0. The minimum absolute atomic E-state index is 0.0289. The lowest BCUT2D eigenvalue weighted by molar-refractivity contribution is -0.145. The first-order valence-electron chi connectivity index (χ1n) is 11.9. The molecule has 2 saturated heterocycles. The van der Waals surface area contributed by atoms with Gasteiger partial charge in [0.1, 0.15) is 10.9 Å². The van der Waals surface area contributed by atoms with E-state index in [2.05, 4.69) is 0 Å². The summed E-state index contributed by atoms with van der Waals surface area (Å²) in [5.74, 6) is 0.990. The van der Waals surface area contributed by atoms with Crippen molar-refractivity contribution in [3.63, 3.8) is 0 Å². The molecule has 1 aromatic rings. The van der Waals surface area contributed by atoms with Crippen LogP contribution in [0.5, 0.6) is 11.5 Å². The second-order valence-corrected chi connectivity index (χ2v) is 10.8. The van der Waals surface area contributed by atoms with Crippen molar-refractivity contribution in [2.45, 2.75) is 64.3 Å². The highest BCUT2D eigenvalue weighted by Crippen LogP contribution is 2.36. The first kappa shape index (κ1) is 25.0. The molecule has 1 aromatic carbocycles. The van der Waals surface area contributed by atoms with Crippen molar-refractivity contribution in [2.24, 2.45) is 0 Å². The molecule has 184 valence electrons. The van der Waals surface area contributed by atoms with Gasteiger partial charge in [-0.3, -0.25) is 14.5 Å². The van der Waals surface area contributed by atoms with Crippen LogP contribution in [-0.2, 0) is 14.3 Å². The van der Waals surface area contributed by atoms with Crippen LogP contribution in [0, 0.1) is 0 Å². The lowest BCUT2D eigenvalue weighted by atomic mass is 9.98. The van der Waals surface area contributed by atoms with E-state index >= 15 is 0 Å². The number of nitrogens with zero attached hydrogens (tertiary/aromatic N) is 2. The summed E-state index contributed by atoms with van der Waals surface area (Å²) < 4.78 is 17.8. The van der Waals surface area contributed by atoms with E-state index in [0.717, 1.165) is 24.2 Å². The quantitative estimate of drug-likeness (QED) is 0.424. The van der Waals surface area contributed by atoms with Crippen LogP contribution in [-0.4, -0.2) is 71.0 Å². The topological polar surface area (TPSA) is 68.3 Å². The van der Waals surface area contributed by atoms with Gasteiger partial charge in [0.2, 0.25) is 5.91 Å². The molecule has 0 spiro atoms. The summed E-state index contributed by atoms with van der Waals surface area (Å²) >= 11 is 6.64. The normalized spacial score (nSPS) is 25.2. The number of carbonyl (C=O) groups is 2. The van der Waals surface area contributed by atoms with Gasteiger partial charge < -0.3 is 19.1 Å². The second-order valence-electron chi connectivity index (χ2n) is 9.11. The molecule has 34 heavy (non-hydrogen) atoms. The van der Waals surface area contributed by atoms with Crippen molar-refractivity contribution >= 4 is 46.2 Å². The molecule has 3 aliphatic rings. The number of benzene rings is 1. The van der Waals surface area contributed by atoms with Crippen LogP contribution in [0.25, 0.3) is 6.08 Å². The predicted molar refractivity (Wildman–Crippen MR) is 137 cm³/mol. The minimum Gasteiger partial charge on any atom is -0.493 e. The number of thiocarbonyl (C=S) groups is 1. The van der Waals surface area contributed by atoms with Crippen LogP contribution < -0.4 is 9.47 Å². The van der Waals surface area contributed by atoms with Gasteiger partial charge in [-0.1, -0.05) is 36.5 Å². The largest absolute Gasteiger partial charge is 0.493 e. The molecule has 2 aliphatic heterocycles. The maximum Gasteiger partial charge on any atom is 0.266 e. The van der Waals surface area contributed by atoms with Gasteiger partial charge in [0.25, 0.3) is 5.91 Å². The van der Waals surface area contributed by atoms with E-state index in [1.807, 2.05) is 32.0 Å². The number of morpholine rings is 1. The van der Waals surface area contributed by atoms with Crippen LogP contribution in [0.3, 0.4) is 0 Å². The van der Waals surface area contributed by atoms with Crippen molar-refractivity contribution in [3.05, 3.63) is 28.7 Å². The molecule has 3 fully saturated rings. The highest BCUT2D eigenvalue weighted by atomic mass is 32.2. The first-order chi connectivity index (χ1) is 16.3. The van der Waals surface area contributed by atoms with Crippen LogP contribution in [0.2, 0.25) is 0 Å². The second kappa shape index (κ2) is 11.1. The number of ether oxygens (including phenoxy) is 3. The van der Waals surface area contributed by atoms with E-state index < -0.39 is 0 Å². The number of amides is 2. The van der Waals surface area contributed by atoms with Crippen molar-refractivity contribution < 1.29 is 23.8 Å². The van der Waals surface area contributed by atoms with E-state index in [1.54, 1.807) is 18.1 Å². The average Bonchev–Trinajstić information content (AvgIpc) is 3.07. The Morgan fingerprint density at radius 3 is 2.56 bits per heavy atom. The lowest BCUT2D eigenvalue weighted by Gasteiger charge is -2.36. The Morgan fingerprint density at radius 2 is 1.88 bits per heavy atom. The van der Waals surface area contributed by atoms with Crippen LogP contribution in [0.1, 0.15) is 51.5 Å². The molecule has 7 nitrogen and oxygen atoms in total. The fourth-order valence-corrected chi connectivity index (χ4v) is 5.89. The van der Waals surface area contributed by atoms with Gasteiger partial charge >= 0.3 is 0 Å². The molecule has 2 unspecified atom stereocenters. The number of thioether (sulfide) groups is 1. The van der Waals surface area contributed by atoms with E-state index in [9.17, 15) is 9.59 Å². The molecule has 0 bridgehead atoms. The fraction of sp³-hybridized carbons (Fsp3) is 0.560. The van der Waals surface area contributed by atoms with E-state index in [1.165, 1.54) is 35.9 Å². The Morgan fingerprint density at radius 1 is 1.18 bits per heavy atom. The molecule has 4 rings (SSSR count). The molecule has 0 N–H and O–H groups in total. The molecule has 1 saturated carbocycles. The summed E-state index contributed by atoms with van der Waals surface area (Å²) in [7, 11) is 1.62. The standard InChI is InChI=1S/C25H32N2O5S2/c1-16-13-26(14-17(2)31-16)23(28)15-27-24(29)22(34-25(27)33)12-18-9-10-20(21(11-18)30-3)32-19-7-5-4-6-8-19/h9-12,16-17,19H,4-8,13-15H2,1-3H3/b22-12-. The Bertz CT molecular complexity index is 966. The van der Waals surface area contributed by atoms with Gasteiger partial charge in [0.05, 0.1) is 30.3 Å². The SMILES string of the molecule is COc1cc(/C=C2\SC(=S)N(CC(=O)N3CC(C)OC(C)C3)C2=O)ccc1OC1CCCCC1. The third-order valence-corrected chi connectivity index (χ3v) is 7.65. The molecule has 0 aromatic heterocycles. The average molecular weight is 505 g/mol. The summed E-state index contributed by atoms with van der Waals surface area (Å²) in [5.41, 5.74) is 0.815. The molecular weight excluding hydrogens is 472 g/mol. The first-order valence-corrected chi connectivity index (χ1v) is 13.1. The maximum atomic E-state index is 13.0. The molecular formula is C25H32N2O5S2. The zero-order chi connectivity index (χ0) is 24.2. The van der Waals surface area contributed by atoms with E-state index in [4.69, 9.17) is 26.4 Å². The van der Waals surface area contributed by atoms with Gasteiger partial charge in [-0.25, -0.2) is 0 Å². The third-order valence-electron chi connectivity index (χ3n) is 6.27. The zero-order valence-electron chi connectivity index (χ0n) is 20.0. The molecule has 1 aliphatic carbocycles. The monoisotopic (exact) mass is 504 g/mol. The van der Waals surface area contributed by atoms with E-state index in [-0.39, 0.29) is 36.7 Å². The van der Waals surface area contributed by atoms with Gasteiger partial charge in [-0.05, 0) is 63.3 Å².